The van der Waals surface area contributed by atoms with Gasteiger partial charge in [-0.1, -0.05) is 127 Å². The zero-order valence-electron chi connectivity index (χ0n) is 18.0. The summed E-state index contributed by atoms with van der Waals surface area (Å²) in [5, 5.41) is 7.22. The minimum absolute atomic E-state index is 1.22. The summed E-state index contributed by atoms with van der Waals surface area (Å²) < 4.78 is 0. The van der Waals surface area contributed by atoms with E-state index in [0.717, 1.165) is 0 Å². The first-order chi connectivity index (χ1) is 15.8. The van der Waals surface area contributed by atoms with Crippen molar-refractivity contribution in [2.45, 2.75) is 6.92 Å². The third-order valence-corrected chi connectivity index (χ3v) is 9.58. The van der Waals surface area contributed by atoms with E-state index in [4.69, 9.17) is 0 Å². The van der Waals surface area contributed by atoms with Gasteiger partial charge in [0, 0.05) is 0 Å². The standard InChI is InChI=1S/C31H23Si/c1-22-12-8-9-20-27(22)32-28-21-11-18-23-17-10-19-26(29(23)28)30(24-13-4-2-5-14-24)31(32)25-15-6-3-7-16-25/h2-21H,1H3. The van der Waals surface area contributed by atoms with Crippen LogP contribution in [0.4, 0.5) is 0 Å². The van der Waals surface area contributed by atoms with Crippen molar-refractivity contribution in [1.82, 2.24) is 0 Å². The summed E-state index contributed by atoms with van der Waals surface area (Å²) in [5.74, 6) is 0. The lowest BCUT2D eigenvalue weighted by Crippen LogP contribution is -2.47. The summed E-state index contributed by atoms with van der Waals surface area (Å²) in [6.45, 7) is 2.26. The second kappa shape index (κ2) is 7.78. The predicted octanol–water partition coefficient (Wildman–Crippen LogP) is 6.27. The molecule has 0 unspecified atom stereocenters. The SMILES string of the molecule is Cc1ccccc1[Si]1C(c2ccccc2)=C(c2ccccc2)c2cccc3cccc1c23. The van der Waals surface area contributed by atoms with Gasteiger partial charge >= 0.3 is 0 Å². The van der Waals surface area contributed by atoms with Crippen LogP contribution in [0.25, 0.3) is 21.5 Å². The molecule has 1 heteroatoms. The van der Waals surface area contributed by atoms with E-state index in [1.165, 1.54) is 54.2 Å². The fourth-order valence-corrected chi connectivity index (χ4v) is 8.43. The van der Waals surface area contributed by atoms with Crippen molar-refractivity contribution in [2.75, 3.05) is 0 Å². The van der Waals surface area contributed by atoms with Gasteiger partial charge in [-0.05, 0) is 55.5 Å². The molecule has 0 bridgehead atoms. The van der Waals surface area contributed by atoms with E-state index in [1.807, 2.05) is 0 Å². The molecule has 1 aliphatic heterocycles. The molecule has 1 heterocycles. The zero-order chi connectivity index (χ0) is 21.5. The number of benzene rings is 5. The van der Waals surface area contributed by atoms with E-state index in [9.17, 15) is 0 Å². The summed E-state index contributed by atoms with van der Waals surface area (Å²) in [4.78, 5) is 0. The summed E-state index contributed by atoms with van der Waals surface area (Å²) in [6, 6.07) is 44.6. The first-order valence-electron chi connectivity index (χ1n) is 11.1. The van der Waals surface area contributed by atoms with Crippen LogP contribution in [0.1, 0.15) is 22.3 Å². The molecule has 5 aromatic carbocycles. The van der Waals surface area contributed by atoms with E-state index in [-0.39, 0.29) is 0 Å². The molecule has 0 atom stereocenters. The quantitative estimate of drug-likeness (QED) is 0.300. The highest BCUT2D eigenvalue weighted by Crippen LogP contribution is 2.40. The van der Waals surface area contributed by atoms with E-state index >= 15 is 0 Å². The van der Waals surface area contributed by atoms with Crippen molar-refractivity contribution < 1.29 is 0 Å². The number of hydrogen-bond acceptors (Lipinski definition) is 0. The van der Waals surface area contributed by atoms with Gasteiger partial charge in [0.2, 0.25) is 0 Å². The highest BCUT2D eigenvalue weighted by atomic mass is 28.3. The molecule has 32 heavy (non-hydrogen) atoms. The van der Waals surface area contributed by atoms with Crippen LogP contribution in [0.3, 0.4) is 0 Å². The molecule has 0 saturated heterocycles. The maximum atomic E-state index is 2.37. The zero-order valence-corrected chi connectivity index (χ0v) is 19.0. The summed E-state index contributed by atoms with van der Waals surface area (Å²) >= 11 is 0. The van der Waals surface area contributed by atoms with E-state index in [2.05, 4.69) is 128 Å². The van der Waals surface area contributed by atoms with Gasteiger partial charge < -0.3 is 0 Å². The molecular formula is C31H23Si. The molecular weight excluding hydrogens is 400 g/mol. The molecule has 6 rings (SSSR count). The fourth-order valence-electron chi connectivity index (χ4n) is 5.08. The Labute approximate surface area is 191 Å². The largest absolute Gasteiger partial charge is 0.157 e. The molecule has 0 nitrogen and oxygen atoms in total. The van der Waals surface area contributed by atoms with Crippen molar-refractivity contribution in [1.29, 1.82) is 0 Å². The lowest BCUT2D eigenvalue weighted by Gasteiger charge is -2.32. The Morgan fingerprint density at radius 1 is 0.500 bits per heavy atom. The van der Waals surface area contributed by atoms with Crippen LogP contribution in [-0.2, 0) is 0 Å². The van der Waals surface area contributed by atoms with Crippen LogP contribution in [0, 0.1) is 6.92 Å². The van der Waals surface area contributed by atoms with Crippen LogP contribution in [-0.4, -0.2) is 8.80 Å². The van der Waals surface area contributed by atoms with Gasteiger partial charge in [-0.15, -0.1) is 0 Å². The lowest BCUT2D eigenvalue weighted by molar-refractivity contribution is 1.51. The molecule has 5 aromatic rings. The second-order valence-electron chi connectivity index (χ2n) is 8.38. The van der Waals surface area contributed by atoms with Gasteiger partial charge in [-0.3, -0.25) is 0 Å². The van der Waals surface area contributed by atoms with E-state index in [0.29, 0.717) is 0 Å². The van der Waals surface area contributed by atoms with Gasteiger partial charge in [-0.2, -0.15) is 0 Å². The van der Waals surface area contributed by atoms with Crippen LogP contribution in [0.2, 0.25) is 0 Å². The summed E-state index contributed by atoms with van der Waals surface area (Å²) in [5.41, 5.74) is 6.74. The molecule has 0 saturated carbocycles. The second-order valence-corrected chi connectivity index (χ2v) is 10.7. The van der Waals surface area contributed by atoms with Gasteiger partial charge in [0.25, 0.3) is 0 Å². The Kier molecular flexibility index (Phi) is 4.63. The average molecular weight is 424 g/mol. The predicted molar refractivity (Wildman–Crippen MR) is 139 cm³/mol. The molecule has 1 radical (unpaired) electrons. The molecule has 0 spiro atoms. The highest BCUT2D eigenvalue weighted by molar-refractivity contribution is 7.03. The molecule has 0 N–H and O–H groups in total. The third-order valence-electron chi connectivity index (χ3n) is 6.48. The molecule has 151 valence electrons. The highest BCUT2D eigenvalue weighted by Gasteiger charge is 2.34. The number of hydrogen-bond donors (Lipinski definition) is 0. The van der Waals surface area contributed by atoms with E-state index in [1.54, 1.807) is 0 Å². The van der Waals surface area contributed by atoms with Gasteiger partial charge in [0.1, 0.15) is 0 Å². The summed E-state index contributed by atoms with van der Waals surface area (Å²) in [7, 11) is -1.22. The lowest BCUT2D eigenvalue weighted by atomic mass is 9.91. The smallest absolute Gasteiger partial charge is 0.0623 e. The fraction of sp³-hybridized carbons (Fsp3) is 0.0323. The third kappa shape index (κ3) is 2.97. The summed E-state index contributed by atoms with van der Waals surface area (Å²) in [6.07, 6.45) is 0. The van der Waals surface area contributed by atoms with Gasteiger partial charge in [0.05, 0.1) is 0 Å². The van der Waals surface area contributed by atoms with Crippen molar-refractivity contribution in [3.63, 3.8) is 0 Å². The topological polar surface area (TPSA) is 0 Å². The first-order valence-corrected chi connectivity index (χ1v) is 12.6. The Bertz CT molecular complexity index is 1460. The van der Waals surface area contributed by atoms with Crippen molar-refractivity contribution in [2.24, 2.45) is 0 Å². The monoisotopic (exact) mass is 423 g/mol. The molecule has 0 aromatic heterocycles. The maximum absolute atomic E-state index is 2.37. The number of aryl methyl sites for hydroxylation is 1. The minimum Gasteiger partial charge on any atom is -0.0623 e. The molecule has 1 aliphatic rings. The van der Waals surface area contributed by atoms with Crippen LogP contribution in [0.5, 0.6) is 0 Å². The molecule has 0 aliphatic carbocycles. The maximum Gasteiger partial charge on any atom is 0.157 e. The number of rotatable bonds is 3. The van der Waals surface area contributed by atoms with Crippen molar-refractivity contribution in [3.8, 4) is 0 Å². The van der Waals surface area contributed by atoms with Crippen LogP contribution in [0.15, 0.2) is 121 Å². The average Bonchev–Trinajstić information content (AvgIpc) is 2.86. The van der Waals surface area contributed by atoms with Crippen molar-refractivity contribution >= 4 is 40.7 Å². The van der Waals surface area contributed by atoms with Gasteiger partial charge in [0.15, 0.2) is 8.80 Å². The Balaban J connectivity index is 1.82. The Hall–Kier alpha value is -3.68. The van der Waals surface area contributed by atoms with Crippen LogP contribution >= 0.6 is 0 Å². The van der Waals surface area contributed by atoms with E-state index < -0.39 is 8.80 Å². The molecule has 0 amide bonds. The normalized spacial score (nSPS) is 13.5. The minimum atomic E-state index is -1.22. The Morgan fingerprint density at radius 3 is 1.81 bits per heavy atom. The first kappa shape index (κ1) is 19.0. The Morgan fingerprint density at radius 2 is 1.09 bits per heavy atom. The van der Waals surface area contributed by atoms with Gasteiger partial charge in [-0.25, -0.2) is 0 Å². The molecule has 0 fully saturated rings. The van der Waals surface area contributed by atoms with Crippen molar-refractivity contribution in [3.05, 3.63) is 144 Å². The van der Waals surface area contributed by atoms with Crippen LogP contribution < -0.4 is 10.4 Å².